The van der Waals surface area contributed by atoms with E-state index < -0.39 is 0 Å². The van der Waals surface area contributed by atoms with E-state index in [4.69, 9.17) is 0 Å². The molecule has 100 valence electrons. The van der Waals surface area contributed by atoms with Gasteiger partial charge in [-0.05, 0) is 40.8 Å². The zero-order valence-corrected chi connectivity index (χ0v) is 13.2. The summed E-state index contributed by atoms with van der Waals surface area (Å²) in [7, 11) is 4.18. The second-order valence-electron chi connectivity index (χ2n) is 5.12. The molecule has 0 fully saturated rings. The van der Waals surface area contributed by atoms with Gasteiger partial charge < -0.3 is 4.90 Å². The first-order chi connectivity index (χ1) is 9.65. The van der Waals surface area contributed by atoms with E-state index >= 15 is 0 Å². The van der Waals surface area contributed by atoms with Gasteiger partial charge in [-0.2, -0.15) is 0 Å². The highest BCUT2D eigenvalue weighted by Gasteiger charge is 2.07. The molecule has 0 bridgehead atoms. The smallest absolute Gasteiger partial charge is 0.0446 e. The number of hydrogen-bond donors (Lipinski definition) is 0. The van der Waals surface area contributed by atoms with Crippen molar-refractivity contribution in [2.24, 2.45) is 0 Å². The Hall–Kier alpha value is -1.80. The molecule has 0 saturated carbocycles. The fourth-order valence-electron chi connectivity index (χ4n) is 2.47. The van der Waals surface area contributed by atoms with Crippen molar-refractivity contribution in [3.05, 3.63) is 65.1 Å². The molecular weight excluding hydrogens is 310 g/mol. The van der Waals surface area contributed by atoms with Gasteiger partial charge in [-0.15, -0.1) is 0 Å². The molecule has 2 heteroatoms. The molecule has 0 atom stereocenters. The van der Waals surface area contributed by atoms with E-state index in [1.807, 2.05) is 0 Å². The fraction of sp³-hybridized carbons (Fsp3) is 0.111. The lowest BCUT2D eigenvalue weighted by Crippen LogP contribution is -2.09. The summed E-state index contributed by atoms with van der Waals surface area (Å²) in [5, 5.41) is 2.56. The van der Waals surface area contributed by atoms with Crippen LogP contribution in [0.1, 0.15) is 0 Å². The Balaban J connectivity index is 2.24. The normalized spacial score (nSPS) is 10.8. The standard InChI is InChI=1S/C18H16BrN/c1-20(2)18-12-15(13-7-9-16(19)10-8-13)11-14-5-3-4-6-17(14)18/h3-12H,1-2H3. The van der Waals surface area contributed by atoms with Crippen LogP contribution in [-0.4, -0.2) is 14.1 Å². The first kappa shape index (κ1) is 13.2. The molecule has 0 radical (unpaired) electrons. The van der Waals surface area contributed by atoms with Gasteiger partial charge in [0.15, 0.2) is 0 Å². The van der Waals surface area contributed by atoms with Gasteiger partial charge in [-0.25, -0.2) is 0 Å². The summed E-state index contributed by atoms with van der Waals surface area (Å²) in [5.41, 5.74) is 3.74. The van der Waals surface area contributed by atoms with Crippen LogP contribution in [0.2, 0.25) is 0 Å². The van der Waals surface area contributed by atoms with Gasteiger partial charge in [0.1, 0.15) is 0 Å². The summed E-state index contributed by atoms with van der Waals surface area (Å²) >= 11 is 3.49. The van der Waals surface area contributed by atoms with E-state index in [-0.39, 0.29) is 0 Å². The highest BCUT2D eigenvalue weighted by atomic mass is 79.9. The second-order valence-corrected chi connectivity index (χ2v) is 6.03. The minimum Gasteiger partial charge on any atom is -0.377 e. The summed E-state index contributed by atoms with van der Waals surface area (Å²) in [6.07, 6.45) is 0. The molecule has 20 heavy (non-hydrogen) atoms. The molecule has 0 unspecified atom stereocenters. The number of fused-ring (bicyclic) bond motifs is 1. The average molecular weight is 326 g/mol. The molecule has 0 aliphatic rings. The molecule has 1 nitrogen and oxygen atoms in total. The molecule has 3 rings (SSSR count). The van der Waals surface area contributed by atoms with Gasteiger partial charge in [-0.3, -0.25) is 0 Å². The van der Waals surface area contributed by atoms with Crippen molar-refractivity contribution >= 4 is 32.4 Å². The number of rotatable bonds is 2. The van der Waals surface area contributed by atoms with Crippen molar-refractivity contribution in [2.75, 3.05) is 19.0 Å². The van der Waals surface area contributed by atoms with Crippen LogP contribution in [0.3, 0.4) is 0 Å². The number of anilines is 1. The third-order valence-electron chi connectivity index (χ3n) is 3.50. The zero-order chi connectivity index (χ0) is 14.1. The number of hydrogen-bond acceptors (Lipinski definition) is 1. The molecule has 3 aromatic carbocycles. The number of halogens is 1. The summed E-state index contributed by atoms with van der Waals surface area (Å²) in [5.74, 6) is 0. The number of benzene rings is 3. The van der Waals surface area contributed by atoms with Crippen LogP contribution in [0, 0.1) is 0 Å². The zero-order valence-electron chi connectivity index (χ0n) is 11.6. The lowest BCUT2D eigenvalue weighted by molar-refractivity contribution is 1.14. The molecule has 3 aromatic rings. The van der Waals surface area contributed by atoms with E-state index in [0.717, 1.165) is 4.47 Å². The van der Waals surface area contributed by atoms with Crippen LogP contribution in [-0.2, 0) is 0 Å². The third-order valence-corrected chi connectivity index (χ3v) is 4.03. The van der Waals surface area contributed by atoms with E-state index in [0.29, 0.717) is 0 Å². The predicted molar refractivity (Wildman–Crippen MR) is 91.4 cm³/mol. The monoisotopic (exact) mass is 325 g/mol. The molecule has 0 aliphatic carbocycles. The summed E-state index contributed by atoms with van der Waals surface area (Å²) in [4.78, 5) is 2.17. The van der Waals surface area contributed by atoms with Crippen molar-refractivity contribution in [1.82, 2.24) is 0 Å². The Labute approximate surface area is 128 Å². The minimum absolute atomic E-state index is 1.11. The Morgan fingerprint density at radius 1 is 0.800 bits per heavy atom. The van der Waals surface area contributed by atoms with Gasteiger partial charge in [0.25, 0.3) is 0 Å². The van der Waals surface area contributed by atoms with Crippen LogP contribution in [0.15, 0.2) is 65.1 Å². The maximum atomic E-state index is 3.49. The first-order valence-corrected chi connectivity index (χ1v) is 7.40. The van der Waals surface area contributed by atoms with Gasteiger partial charge >= 0.3 is 0 Å². The maximum Gasteiger partial charge on any atom is 0.0446 e. The quantitative estimate of drug-likeness (QED) is 0.615. The Morgan fingerprint density at radius 3 is 2.20 bits per heavy atom. The SMILES string of the molecule is CN(C)c1cc(-c2ccc(Br)cc2)cc2ccccc12. The maximum absolute atomic E-state index is 3.49. The predicted octanol–water partition coefficient (Wildman–Crippen LogP) is 5.34. The number of nitrogens with zero attached hydrogens (tertiary/aromatic N) is 1. The van der Waals surface area contributed by atoms with Gasteiger partial charge in [0.2, 0.25) is 0 Å². The van der Waals surface area contributed by atoms with Crippen LogP contribution in [0.25, 0.3) is 21.9 Å². The first-order valence-electron chi connectivity index (χ1n) is 6.61. The summed E-state index contributed by atoms with van der Waals surface area (Å²) in [6.45, 7) is 0. The highest BCUT2D eigenvalue weighted by Crippen LogP contribution is 2.32. The van der Waals surface area contributed by atoms with Crippen molar-refractivity contribution in [3.8, 4) is 11.1 Å². The molecular formula is C18H16BrN. The van der Waals surface area contributed by atoms with E-state index in [1.54, 1.807) is 0 Å². The van der Waals surface area contributed by atoms with E-state index in [9.17, 15) is 0 Å². The lowest BCUT2D eigenvalue weighted by atomic mass is 9.99. The summed E-state index contributed by atoms with van der Waals surface area (Å²) < 4.78 is 1.11. The van der Waals surface area contributed by atoms with Crippen LogP contribution < -0.4 is 4.90 Å². The van der Waals surface area contributed by atoms with Crippen molar-refractivity contribution in [3.63, 3.8) is 0 Å². The third kappa shape index (κ3) is 2.44. The Kier molecular flexibility index (Phi) is 3.49. The summed E-state index contributed by atoms with van der Waals surface area (Å²) in [6, 6.07) is 21.5. The highest BCUT2D eigenvalue weighted by molar-refractivity contribution is 9.10. The minimum atomic E-state index is 1.11. The largest absolute Gasteiger partial charge is 0.377 e. The molecule has 0 aromatic heterocycles. The lowest BCUT2D eigenvalue weighted by Gasteiger charge is -2.17. The van der Waals surface area contributed by atoms with Crippen molar-refractivity contribution < 1.29 is 0 Å². The molecule has 0 heterocycles. The van der Waals surface area contributed by atoms with Gasteiger partial charge in [-0.1, -0.05) is 52.3 Å². The van der Waals surface area contributed by atoms with Crippen LogP contribution in [0.4, 0.5) is 5.69 Å². The Morgan fingerprint density at radius 2 is 1.50 bits per heavy atom. The molecule has 0 amide bonds. The Bertz CT molecular complexity index is 745. The second kappa shape index (κ2) is 5.29. The average Bonchev–Trinajstić information content (AvgIpc) is 2.46. The molecule has 0 N–H and O–H groups in total. The van der Waals surface area contributed by atoms with Crippen LogP contribution >= 0.6 is 15.9 Å². The van der Waals surface area contributed by atoms with E-state index in [2.05, 4.69) is 95.6 Å². The molecule has 0 saturated heterocycles. The van der Waals surface area contributed by atoms with E-state index in [1.165, 1.54) is 27.6 Å². The van der Waals surface area contributed by atoms with Crippen LogP contribution in [0.5, 0.6) is 0 Å². The van der Waals surface area contributed by atoms with Crippen molar-refractivity contribution in [1.29, 1.82) is 0 Å². The topological polar surface area (TPSA) is 3.24 Å². The van der Waals surface area contributed by atoms with Gasteiger partial charge in [0.05, 0.1) is 0 Å². The van der Waals surface area contributed by atoms with Gasteiger partial charge in [0, 0.05) is 29.6 Å². The fourth-order valence-corrected chi connectivity index (χ4v) is 2.73. The van der Waals surface area contributed by atoms with Crippen molar-refractivity contribution in [2.45, 2.75) is 0 Å². The molecule has 0 spiro atoms. The molecule has 0 aliphatic heterocycles.